The van der Waals surface area contributed by atoms with Crippen molar-refractivity contribution in [3.63, 3.8) is 0 Å². The second-order valence-electron chi connectivity index (χ2n) is 7.97. The molecule has 0 aliphatic carbocycles. The Morgan fingerprint density at radius 1 is 1.03 bits per heavy atom. The molecule has 0 saturated carbocycles. The first-order valence-electron chi connectivity index (χ1n) is 10.9. The van der Waals surface area contributed by atoms with E-state index in [2.05, 4.69) is 43.8 Å². The molecular formula is C28H31NO2. The van der Waals surface area contributed by atoms with Gasteiger partial charge in [0.05, 0.1) is 0 Å². The summed E-state index contributed by atoms with van der Waals surface area (Å²) >= 11 is 0. The quantitative estimate of drug-likeness (QED) is 0.296. The van der Waals surface area contributed by atoms with Gasteiger partial charge in [-0.15, -0.1) is 0 Å². The van der Waals surface area contributed by atoms with E-state index in [-0.39, 0.29) is 17.7 Å². The van der Waals surface area contributed by atoms with Crippen molar-refractivity contribution in [2.24, 2.45) is 0 Å². The predicted octanol–water partition coefficient (Wildman–Crippen LogP) is 6.71. The monoisotopic (exact) mass is 413 g/mol. The highest BCUT2D eigenvalue weighted by Gasteiger charge is 2.21. The molecule has 3 nitrogen and oxygen atoms in total. The van der Waals surface area contributed by atoms with Crippen molar-refractivity contribution in [1.29, 1.82) is 0 Å². The molecule has 0 fully saturated rings. The van der Waals surface area contributed by atoms with Crippen molar-refractivity contribution in [2.75, 3.05) is 6.54 Å². The topological polar surface area (TPSA) is 40.5 Å². The maximum Gasteiger partial charge on any atom is 0.254 e. The van der Waals surface area contributed by atoms with Gasteiger partial charge in [-0.1, -0.05) is 73.3 Å². The first-order valence-corrected chi connectivity index (χ1v) is 10.9. The first-order chi connectivity index (χ1) is 15.0. The van der Waals surface area contributed by atoms with Crippen molar-refractivity contribution < 1.29 is 9.90 Å². The van der Waals surface area contributed by atoms with Crippen LogP contribution in [0.2, 0.25) is 0 Å². The van der Waals surface area contributed by atoms with Crippen LogP contribution in [0.4, 0.5) is 0 Å². The Kier molecular flexibility index (Phi) is 8.05. The van der Waals surface area contributed by atoms with E-state index in [1.165, 1.54) is 5.56 Å². The van der Waals surface area contributed by atoms with E-state index in [9.17, 15) is 9.90 Å². The number of carbonyl (C=O) groups is 1. The fourth-order valence-electron chi connectivity index (χ4n) is 3.82. The molecule has 0 radical (unpaired) electrons. The Balaban J connectivity index is 1.73. The number of fused-ring (bicyclic) bond motifs is 1. The van der Waals surface area contributed by atoms with Gasteiger partial charge >= 0.3 is 0 Å². The Hall–Kier alpha value is -3.33. The SMILES string of the molecule is C=C(O)/C=C\CCC(C)N(CCCc1ccccc1)C(=O)c1ccc2ccccc2c1. The Bertz CT molecular complexity index is 1040. The van der Waals surface area contributed by atoms with Gasteiger partial charge in [0, 0.05) is 18.2 Å². The zero-order valence-corrected chi connectivity index (χ0v) is 18.2. The number of nitrogens with zero attached hydrogens (tertiary/aromatic N) is 1. The third-order valence-corrected chi connectivity index (χ3v) is 5.56. The summed E-state index contributed by atoms with van der Waals surface area (Å²) in [5, 5.41) is 11.4. The van der Waals surface area contributed by atoms with Gasteiger partial charge in [-0.2, -0.15) is 0 Å². The Morgan fingerprint density at radius 3 is 2.48 bits per heavy atom. The van der Waals surface area contributed by atoms with Crippen molar-refractivity contribution in [2.45, 2.75) is 38.6 Å². The number of aliphatic hydroxyl groups excluding tert-OH is 1. The summed E-state index contributed by atoms with van der Waals surface area (Å²) in [4.78, 5) is 15.5. The lowest BCUT2D eigenvalue weighted by Crippen LogP contribution is -2.39. The van der Waals surface area contributed by atoms with E-state index in [0.29, 0.717) is 6.54 Å². The molecule has 1 unspecified atom stereocenters. The van der Waals surface area contributed by atoms with Crippen molar-refractivity contribution >= 4 is 16.7 Å². The summed E-state index contributed by atoms with van der Waals surface area (Å²) in [5.41, 5.74) is 2.02. The minimum absolute atomic E-state index is 0.0552. The zero-order valence-electron chi connectivity index (χ0n) is 18.2. The molecule has 3 heteroatoms. The van der Waals surface area contributed by atoms with Crippen LogP contribution in [0, 0.1) is 0 Å². The van der Waals surface area contributed by atoms with Gasteiger partial charge < -0.3 is 10.0 Å². The number of carbonyl (C=O) groups excluding carboxylic acids is 1. The van der Waals surface area contributed by atoms with Crippen LogP contribution in [-0.2, 0) is 6.42 Å². The summed E-state index contributed by atoms with van der Waals surface area (Å²) in [6, 6.07) is 24.5. The molecule has 1 amide bonds. The largest absolute Gasteiger partial charge is 0.509 e. The smallest absolute Gasteiger partial charge is 0.254 e. The minimum Gasteiger partial charge on any atom is -0.509 e. The third kappa shape index (κ3) is 6.58. The molecule has 0 heterocycles. The lowest BCUT2D eigenvalue weighted by molar-refractivity contribution is 0.0682. The standard InChI is InChI=1S/C28H31NO2/c1-22(11-6-7-12-23(2)30)29(20-10-15-24-13-4-3-5-14-24)28(31)27-19-18-25-16-8-9-17-26(25)21-27/h3-5,7-9,12-14,16-19,21-22,30H,2,6,10-11,15,20H2,1H3/b12-7-. The van der Waals surface area contributed by atoms with E-state index in [1.807, 2.05) is 53.4 Å². The first kappa shape index (κ1) is 22.4. The number of aliphatic hydroxyl groups is 1. The molecule has 160 valence electrons. The molecule has 3 aromatic carbocycles. The maximum absolute atomic E-state index is 13.5. The van der Waals surface area contributed by atoms with E-state index < -0.39 is 0 Å². The van der Waals surface area contributed by atoms with Gasteiger partial charge in [0.15, 0.2) is 0 Å². The molecule has 0 aliphatic rings. The van der Waals surface area contributed by atoms with Gasteiger partial charge in [-0.05, 0) is 67.2 Å². The summed E-state index contributed by atoms with van der Waals surface area (Å²) in [5.74, 6) is 0.126. The normalized spacial score (nSPS) is 12.2. The number of allylic oxidation sites excluding steroid dienone is 2. The van der Waals surface area contributed by atoms with Crippen LogP contribution in [-0.4, -0.2) is 28.5 Å². The lowest BCUT2D eigenvalue weighted by Gasteiger charge is -2.29. The average Bonchev–Trinajstić information content (AvgIpc) is 2.79. The van der Waals surface area contributed by atoms with E-state index >= 15 is 0 Å². The highest BCUT2D eigenvalue weighted by atomic mass is 16.3. The van der Waals surface area contributed by atoms with Gasteiger partial charge in [-0.25, -0.2) is 0 Å². The average molecular weight is 414 g/mol. The molecule has 31 heavy (non-hydrogen) atoms. The van der Waals surface area contributed by atoms with Crippen LogP contribution in [0.5, 0.6) is 0 Å². The van der Waals surface area contributed by atoms with Gasteiger partial charge in [0.25, 0.3) is 5.91 Å². The maximum atomic E-state index is 13.5. The van der Waals surface area contributed by atoms with Gasteiger partial charge in [-0.3, -0.25) is 4.79 Å². The molecule has 0 saturated heterocycles. The molecule has 3 aromatic rings. The number of hydrogen-bond acceptors (Lipinski definition) is 2. The summed E-state index contributed by atoms with van der Waals surface area (Å²) in [6.45, 7) is 6.28. The van der Waals surface area contributed by atoms with E-state index in [0.717, 1.165) is 42.0 Å². The number of hydrogen-bond donors (Lipinski definition) is 1. The number of benzene rings is 3. The highest BCUT2D eigenvalue weighted by molar-refractivity contribution is 5.98. The highest BCUT2D eigenvalue weighted by Crippen LogP contribution is 2.19. The lowest BCUT2D eigenvalue weighted by atomic mass is 10.0. The van der Waals surface area contributed by atoms with Crippen LogP contribution in [0.3, 0.4) is 0 Å². The summed E-state index contributed by atoms with van der Waals surface area (Å²) < 4.78 is 0. The minimum atomic E-state index is 0.0552. The fourth-order valence-corrected chi connectivity index (χ4v) is 3.82. The summed E-state index contributed by atoms with van der Waals surface area (Å²) in [6.07, 6.45) is 6.98. The van der Waals surface area contributed by atoms with Crippen molar-refractivity contribution in [3.8, 4) is 0 Å². The number of amides is 1. The molecule has 0 aromatic heterocycles. The number of rotatable bonds is 10. The van der Waals surface area contributed by atoms with Crippen molar-refractivity contribution in [3.05, 3.63) is 108 Å². The number of aryl methyl sites for hydroxylation is 1. The van der Waals surface area contributed by atoms with Crippen LogP contribution in [0.15, 0.2) is 97.3 Å². The Labute approximate surface area is 185 Å². The molecule has 0 bridgehead atoms. The van der Waals surface area contributed by atoms with Gasteiger partial charge in [0.1, 0.15) is 5.76 Å². The van der Waals surface area contributed by atoms with Crippen LogP contribution >= 0.6 is 0 Å². The molecule has 0 spiro atoms. The fraction of sp³-hybridized carbons (Fsp3) is 0.250. The van der Waals surface area contributed by atoms with Gasteiger partial charge in [0.2, 0.25) is 0 Å². The van der Waals surface area contributed by atoms with Crippen molar-refractivity contribution in [1.82, 2.24) is 4.90 Å². The van der Waals surface area contributed by atoms with E-state index in [4.69, 9.17) is 0 Å². The molecular weight excluding hydrogens is 382 g/mol. The van der Waals surface area contributed by atoms with E-state index in [1.54, 1.807) is 6.08 Å². The molecule has 0 aliphatic heterocycles. The second-order valence-corrected chi connectivity index (χ2v) is 7.97. The van der Waals surface area contributed by atoms with Crippen LogP contribution in [0.1, 0.15) is 42.1 Å². The predicted molar refractivity (Wildman–Crippen MR) is 129 cm³/mol. The molecule has 1 atom stereocenters. The van der Waals surface area contributed by atoms with Crippen LogP contribution in [0.25, 0.3) is 10.8 Å². The third-order valence-electron chi connectivity index (χ3n) is 5.56. The summed E-state index contributed by atoms with van der Waals surface area (Å²) in [7, 11) is 0. The zero-order chi connectivity index (χ0) is 22.1. The molecule has 3 rings (SSSR count). The molecule has 1 N–H and O–H groups in total. The van der Waals surface area contributed by atoms with Crippen LogP contribution < -0.4 is 0 Å². The Morgan fingerprint density at radius 2 is 1.74 bits per heavy atom. The second kappa shape index (κ2) is 11.2.